The molecule has 6 rings (SSSR count). The number of anilines is 3. The summed E-state index contributed by atoms with van der Waals surface area (Å²) in [7, 11) is -3.77. The van der Waals surface area contributed by atoms with Crippen LogP contribution in [-0.4, -0.2) is 60.2 Å². The Morgan fingerprint density at radius 3 is 2.13 bits per heavy atom. The highest BCUT2D eigenvalue weighted by Crippen LogP contribution is 2.22. The molecule has 0 unspecified atom stereocenters. The summed E-state index contributed by atoms with van der Waals surface area (Å²) in [6.45, 7) is 6.13. The first-order valence-electron chi connectivity index (χ1n) is 13.8. The van der Waals surface area contributed by atoms with Crippen molar-refractivity contribution in [2.45, 2.75) is 32.1 Å². The van der Waals surface area contributed by atoms with Gasteiger partial charge in [-0.05, 0) is 43.7 Å². The number of allylic oxidation sites excluding steroid dienone is 3. The fourth-order valence-electron chi connectivity index (χ4n) is 3.88. The molecule has 0 saturated heterocycles. The summed E-state index contributed by atoms with van der Waals surface area (Å²) in [5, 5.41) is 20.0. The van der Waals surface area contributed by atoms with E-state index in [1.165, 1.54) is 29.3 Å². The first kappa shape index (κ1) is 34.0. The molecule has 0 aliphatic heterocycles. The third kappa shape index (κ3) is 8.63. The van der Waals surface area contributed by atoms with Crippen LogP contribution in [0.15, 0.2) is 89.5 Å². The maximum Gasteiger partial charge on any atom is 0.337 e. The van der Waals surface area contributed by atoms with Crippen LogP contribution in [-0.2, 0) is 19.6 Å². The Morgan fingerprint density at radius 2 is 1.54 bits per heavy atom. The lowest BCUT2D eigenvalue weighted by molar-refractivity contribution is -0.138. The zero-order chi connectivity index (χ0) is 33.3. The Bertz CT molecular complexity index is 2060. The number of fused-ring (bicyclic) bond motifs is 2. The van der Waals surface area contributed by atoms with Crippen LogP contribution in [0, 0.1) is 0 Å². The highest BCUT2D eigenvalue weighted by molar-refractivity contribution is 7.89. The Morgan fingerprint density at radius 1 is 0.935 bits per heavy atom. The van der Waals surface area contributed by atoms with Gasteiger partial charge in [-0.2, -0.15) is 39.2 Å². The van der Waals surface area contributed by atoms with Gasteiger partial charge in [0, 0.05) is 23.5 Å². The molecule has 0 amide bonds. The van der Waals surface area contributed by atoms with Gasteiger partial charge >= 0.3 is 5.97 Å². The van der Waals surface area contributed by atoms with Gasteiger partial charge in [0.1, 0.15) is 34.6 Å². The van der Waals surface area contributed by atoms with E-state index in [0.717, 1.165) is 5.70 Å². The molecule has 1 aromatic carbocycles. The van der Waals surface area contributed by atoms with Gasteiger partial charge in [0.2, 0.25) is 10.0 Å². The number of nitrogens with two attached hydrogens (primary N) is 1. The maximum absolute atomic E-state index is 11.8. The summed E-state index contributed by atoms with van der Waals surface area (Å²) in [6.07, 6.45) is 10.6. The van der Waals surface area contributed by atoms with Gasteiger partial charge in [-0.3, -0.25) is 0 Å². The van der Waals surface area contributed by atoms with E-state index in [4.69, 9.17) is 33.1 Å². The van der Waals surface area contributed by atoms with E-state index < -0.39 is 10.0 Å². The first-order valence-corrected chi connectivity index (χ1v) is 16.1. The number of benzene rings is 1. The molecule has 1 aliphatic carbocycles. The van der Waals surface area contributed by atoms with Crippen LogP contribution in [0.5, 0.6) is 0 Å². The molecule has 0 saturated carbocycles. The van der Waals surface area contributed by atoms with Crippen LogP contribution in [0.3, 0.4) is 0 Å². The average molecular weight is 687 g/mol. The summed E-state index contributed by atoms with van der Waals surface area (Å²) < 4.78 is 30.7. The fourth-order valence-corrected chi connectivity index (χ4v) is 4.80. The van der Waals surface area contributed by atoms with Gasteiger partial charge in [0.05, 0.1) is 17.1 Å². The lowest BCUT2D eigenvalue weighted by Gasteiger charge is -2.09. The van der Waals surface area contributed by atoms with Crippen molar-refractivity contribution in [1.29, 1.82) is 0 Å². The lowest BCUT2D eigenvalue weighted by Crippen LogP contribution is -2.12. The number of carbonyl (C=O) groups excluding carboxylic acids is 1. The Balaban J connectivity index is 0.000000199. The second-order valence-electron chi connectivity index (χ2n) is 8.80. The van der Waals surface area contributed by atoms with Crippen molar-refractivity contribution in [2.24, 2.45) is 5.14 Å². The normalized spacial score (nSPS) is 12.6. The van der Waals surface area contributed by atoms with Crippen molar-refractivity contribution in [3.63, 3.8) is 0 Å². The number of ether oxygens (including phenoxy) is 1. The van der Waals surface area contributed by atoms with Crippen LogP contribution in [0.4, 0.5) is 17.3 Å². The standard InChI is InChI=1S/C15H14ClN5O2.C11H9ClN6O2S.C2H6/c1-2-23-14(22)10-4-3-5-11(7-6-10)19-13-8-12(16)20-15-17-9-18-21(13)15;12-9-5-10(18-11(17-9)14-6-15-18)16-7-2-1-3-8(4-7)21(13,19)20;1-2/h4-9,19H,2-3H2,1H3;1-6,16H,(H2,13,19,20);1-2H3. The van der Waals surface area contributed by atoms with Gasteiger partial charge < -0.3 is 15.4 Å². The number of aromatic nitrogens is 8. The summed E-state index contributed by atoms with van der Waals surface area (Å²) in [5.74, 6) is 1.53. The predicted molar refractivity (Wildman–Crippen MR) is 174 cm³/mol. The van der Waals surface area contributed by atoms with Crippen LogP contribution in [0.25, 0.3) is 11.6 Å². The maximum atomic E-state index is 11.8. The first-order chi connectivity index (χ1) is 22.1. The van der Waals surface area contributed by atoms with Gasteiger partial charge in [-0.15, -0.1) is 0 Å². The summed E-state index contributed by atoms with van der Waals surface area (Å²) in [6, 6.07) is 9.28. The van der Waals surface area contributed by atoms with E-state index in [1.807, 2.05) is 26.0 Å². The third-order valence-electron chi connectivity index (χ3n) is 5.78. The number of halogens is 2. The zero-order valence-electron chi connectivity index (χ0n) is 24.8. The third-order valence-corrected chi connectivity index (χ3v) is 7.08. The second kappa shape index (κ2) is 15.4. The predicted octanol–water partition coefficient (Wildman–Crippen LogP) is 4.72. The minimum absolute atomic E-state index is 0.00230. The number of esters is 1. The Hall–Kier alpha value is -4.90. The number of carbonyl (C=O) groups is 1. The zero-order valence-corrected chi connectivity index (χ0v) is 27.1. The van der Waals surface area contributed by atoms with Crippen LogP contribution < -0.4 is 15.8 Å². The van der Waals surface area contributed by atoms with Crippen molar-refractivity contribution in [3.05, 3.63) is 94.9 Å². The molecule has 4 heterocycles. The number of sulfonamides is 1. The minimum atomic E-state index is -3.77. The molecule has 1 aliphatic rings. The molecule has 0 bridgehead atoms. The molecule has 0 spiro atoms. The molecule has 0 fully saturated rings. The topological polar surface area (TPSA) is 197 Å². The molecule has 46 heavy (non-hydrogen) atoms. The number of nitrogens with zero attached hydrogens (tertiary/aromatic N) is 8. The molecule has 0 radical (unpaired) electrons. The van der Waals surface area contributed by atoms with Gasteiger partial charge in [0.15, 0.2) is 0 Å². The van der Waals surface area contributed by atoms with Crippen LogP contribution in [0.1, 0.15) is 27.2 Å². The molecule has 5 aromatic rings. The SMILES string of the molecule is CC.CCOC(=O)C1=CCC=C(Nc2cc(Cl)nc3ncnn23)C=C1.NS(=O)(=O)c1cccc(Nc2cc(Cl)nc3ncnn23)c1. The molecular weight excluding hydrogens is 657 g/mol. The molecule has 4 aromatic heterocycles. The Labute approximate surface area is 273 Å². The van der Waals surface area contributed by atoms with E-state index >= 15 is 0 Å². The van der Waals surface area contributed by atoms with Crippen molar-refractivity contribution >= 4 is 68.1 Å². The molecule has 18 heteroatoms. The molecule has 15 nitrogen and oxygen atoms in total. The fraction of sp³-hybridized carbons (Fsp3) is 0.179. The summed E-state index contributed by atoms with van der Waals surface area (Å²) in [4.78, 5) is 27.8. The quantitative estimate of drug-likeness (QED) is 0.158. The van der Waals surface area contributed by atoms with Crippen molar-refractivity contribution in [3.8, 4) is 0 Å². The van der Waals surface area contributed by atoms with Crippen LogP contribution in [0.2, 0.25) is 10.3 Å². The summed E-state index contributed by atoms with van der Waals surface area (Å²) in [5.41, 5.74) is 1.85. The monoisotopic (exact) mass is 685 g/mol. The van der Waals surface area contributed by atoms with Crippen molar-refractivity contribution in [2.75, 3.05) is 17.2 Å². The summed E-state index contributed by atoms with van der Waals surface area (Å²) >= 11 is 11.9. The minimum Gasteiger partial charge on any atom is -0.462 e. The largest absolute Gasteiger partial charge is 0.462 e. The lowest BCUT2D eigenvalue weighted by atomic mass is 10.2. The van der Waals surface area contributed by atoms with E-state index in [2.05, 4.69) is 40.8 Å². The number of primary sulfonamides is 1. The van der Waals surface area contributed by atoms with Crippen molar-refractivity contribution < 1.29 is 17.9 Å². The van der Waals surface area contributed by atoms with Gasteiger partial charge in [-0.1, -0.05) is 55.3 Å². The molecular formula is C28H29Cl2N11O4S. The van der Waals surface area contributed by atoms with E-state index in [1.54, 1.807) is 47.9 Å². The van der Waals surface area contributed by atoms with Crippen molar-refractivity contribution in [1.82, 2.24) is 39.2 Å². The van der Waals surface area contributed by atoms with E-state index in [-0.39, 0.29) is 16.0 Å². The van der Waals surface area contributed by atoms with Gasteiger partial charge in [0.25, 0.3) is 11.6 Å². The highest BCUT2D eigenvalue weighted by atomic mass is 35.5. The van der Waals surface area contributed by atoms with Crippen LogP contribution >= 0.6 is 23.2 Å². The number of nitrogens with one attached hydrogen (secondary N) is 2. The molecule has 240 valence electrons. The smallest absolute Gasteiger partial charge is 0.337 e. The number of hydrogen-bond donors (Lipinski definition) is 3. The van der Waals surface area contributed by atoms with E-state index in [0.29, 0.717) is 52.6 Å². The number of hydrogen-bond acceptors (Lipinski definition) is 12. The second-order valence-corrected chi connectivity index (χ2v) is 11.1. The highest BCUT2D eigenvalue weighted by Gasteiger charge is 2.12. The van der Waals surface area contributed by atoms with Gasteiger partial charge in [-0.25, -0.2) is 18.4 Å². The molecule has 4 N–H and O–H groups in total. The number of rotatable bonds is 7. The average Bonchev–Trinajstić information content (AvgIpc) is 3.63. The molecule has 0 atom stereocenters. The van der Waals surface area contributed by atoms with E-state index in [9.17, 15) is 13.2 Å². The Kier molecular flexibility index (Phi) is 11.4.